The van der Waals surface area contributed by atoms with E-state index in [1.54, 1.807) is 20.8 Å². The molecule has 0 saturated carbocycles. The van der Waals surface area contributed by atoms with Gasteiger partial charge in [0.25, 0.3) is 11.8 Å². The van der Waals surface area contributed by atoms with E-state index in [0.29, 0.717) is 19.6 Å². The van der Waals surface area contributed by atoms with Gasteiger partial charge < -0.3 is 15.4 Å². The van der Waals surface area contributed by atoms with Gasteiger partial charge in [0, 0.05) is 25.2 Å². The lowest BCUT2D eigenvalue weighted by atomic mass is 10.2. The highest BCUT2D eigenvalue weighted by Crippen LogP contribution is 2.16. The summed E-state index contributed by atoms with van der Waals surface area (Å²) in [6.07, 6.45) is -1.24. The third-order valence-electron chi connectivity index (χ3n) is 4.10. The van der Waals surface area contributed by atoms with Gasteiger partial charge in [-0.3, -0.25) is 19.7 Å². The topological polar surface area (TPSA) is 151 Å². The number of esters is 1. The monoisotopic (exact) mass is 456 g/mol. The molecule has 11 nitrogen and oxygen atoms in total. The van der Waals surface area contributed by atoms with E-state index in [9.17, 15) is 27.6 Å². The van der Waals surface area contributed by atoms with Crippen molar-refractivity contribution in [3.05, 3.63) is 29.8 Å². The van der Waals surface area contributed by atoms with E-state index in [1.807, 2.05) is 5.32 Å². The molecular formula is C19H28N4O7S. The molecule has 1 rings (SSSR count). The zero-order valence-corrected chi connectivity index (χ0v) is 18.7. The number of amides is 4. The number of ether oxygens (including phenoxy) is 1. The van der Waals surface area contributed by atoms with Crippen LogP contribution in [0.4, 0.5) is 4.79 Å². The van der Waals surface area contributed by atoms with Gasteiger partial charge in [-0.1, -0.05) is 13.8 Å². The maximum absolute atomic E-state index is 12.5. The predicted octanol–water partition coefficient (Wildman–Crippen LogP) is 0.224. The van der Waals surface area contributed by atoms with Crippen LogP contribution >= 0.6 is 0 Å². The van der Waals surface area contributed by atoms with E-state index in [4.69, 9.17) is 4.74 Å². The van der Waals surface area contributed by atoms with Gasteiger partial charge in [-0.25, -0.2) is 13.2 Å². The summed E-state index contributed by atoms with van der Waals surface area (Å²) in [6.45, 7) is 6.86. The first-order valence-electron chi connectivity index (χ1n) is 9.73. The van der Waals surface area contributed by atoms with Gasteiger partial charge in [0.15, 0.2) is 6.10 Å². The maximum Gasteiger partial charge on any atom is 0.326 e. The largest absolute Gasteiger partial charge is 0.451 e. The first-order chi connectivity index (χ1) is 14.6. The Morgan fingerprint density at radius 2 is 1.58 bits per heavy atom. The second-order valence-electron chi connectivity index (χ2n) is 6.28. The SMILES string of the molecule is CCNC(=O)NC(=O)C(C)OC(=O)CNC(=O)c1ccc(S(=O)(=O)N(CC)CC)cc1. The number of sulfonamides is 1. The smallest absolute Gasteiger partial charge is 0.326 e. The fourth-order valence-electron chi connectivity index (χ4n) is 2.46. The van der Waals surface area contributed by atoms with Crippen molar-refractivity contribution in [2.45, 2.75) is 38.7 Å². The number of nitrogens with one attached hydrogen (secondary N) is 3. The van der Waals surface area contributed by atoms with E-state index in [-0.39, 0.29) is 10.5 Å². The average Bonchev–Trinajstić information content (AvgIpc) is 2.72. The Hall–Kier alpha value is -2.99. The highest BCUT2D eigenvalue weighted by atomic mass is 32.2. The Morgan fingerprint density at radius 3 is 2.10 bits per heavy atom. The molecule has 1 aromatic carbocycles. The molecule has 0 spiro atoms. The van der Waals surface area contributed by atoms with Crippen LogP contribution in [0.25, 0.3) is 0 Å². The minimum atomic E-state index is -3.64. The van der Waals surface area contributed by atoms with Crippen LogP contribution in [-0.2, 0) is 24.3 Å². The molecule has 0 bridgehead atoms. The van der Waals surface area contributed by atoms with E-state index >= 15 is 0 Å². The number of urea groups is 1. The van der Waals surface area contributed by atoms with Gasteiger partial charge in [0.1, 0.15) is 6.54 Å². The third-order valence-corrected chi connectivity index (χ3v) is 6.17. The van der Waals surface area contributed by atoms with E-state index in [1.165, 1.54) is 35.5 Å². The number of benzene rings is 1. The summed E-state index contributed by atoms with van der Waals surface area (Å²) in [5, 5.41) is 6.69. The molecule has 1 atom stereocenters. The summed E-state index contributed by atoms with van der Waals surface area (Å²) in [7, 11) is -3.64. The zero-order chi connectivity index (χ0) is 23.6. The summed E-state index contributed by atoms with van der Waals surface area (Å²) in [6, 6.07) is 4.58. The number of hydrogen-bond donors (Lipinski definition) is 3. The van der Waals surface area contributed by atoms with Crippen LogP contribution in [0, 0.1) is 0 Å². The number of hydrogen-bond acceptors (Lipinski definition) is 7. The summed E-state index contributed by atoms with van der Waals surface area (Å²) in [5.41, 5.74) is 0.147. The highest BCUT2D eigenvalue weighted by Gasteiger charge is 2.22. The van der Waals surface area contributed by atoms with Crippen LogP contribution in [0.15, 0.2) is 29.2 Å². The molecular weight excluding hydrogens is 428 g/mol. The molecule has 1 aromatic rings. The lowest BCUT2D eigenvalue weighted by Gasteiger charge is -2.18. The van der Waals surface area contributed by atoms with Crippen LogP contribution in [0.2, 0.25) is 0 Å². The van der Waals surface area contributed by atoms with Crippen molar-refractivity contribution in [3.8, 4) is 0 Å². The molecule has 31 heavy (non-hydrogen) atoms. The molecule has 0 aliphatic rings. The van der Waals surface area contributed by atoms with Crippen LogP contribution in [-0.4, -0.2) is 68.8 Å². The van der Waals surface area contributed by atoms with E-state index in [0.717, 1.165) is 0 Å². The second-order valence-corrected chi connectivity index (χ2v) is 8.22. The first kappa shape index (κ1) is 26.0. The van der Waals surface area contributed by atoms with E-state index < -0.39 is 46.5 Å². The van der Waals surface area contributed by atoms with Crippen LogP contribution < -0.4 is 16.0 Å². The summed E-state index contributed by atoms with van der Waals surface area (Å²) in [5.74, 6) is -2.31. The number of rotatable bonds is 10. The fourth-order valence-corrected chi connectivity index (χ4v) is 3.91. The molecule has 1 unspecified atom stereocenters. The van der Waals surface area contributed by atoms with Crippen molar-refractivity contribution < 1.29 is 32.3 Å². The molecule has 0 heterocycles. The van der Waals surface area contributed by atoms with Crippen LogP contribution in [0.3, 0.4) is 0 Å². The Kier molecular flexibility index (Phi) is 10.1. The first-order valence-corrected chi connectivity index (χ1v) is 11.2. The summed E-state index contributed by atoms with van der Waals surface area (Å²) < 4.78 is 31.1. The summed E-state index contributed by atoms with van der Waals surface area (Å²) >= 11 is 0. The van der Waals surface area contributed by atoms with Crippen molar-refractivity contribution in [1.29, 1.82) is 0 Å². The lowest BCUT2D eigenvalue weighted by Crippen LogP contribution is -2.45. The van der Waals surface area contributed by atoms with E-state index in [2.05, 4.69) is 10.6 Å². The maximum atomic E-state index is 12.5. The van der Waals surface area contributed by atoms with Crippen molar-refractivity contribution in [2.75, 3.05) is 26.2 Å². The summed E-state index contributed by atoms with van der Waals surface area (Å²) in [4.78, 5) is 47.1. The molecule has 4 amide bonds. The number of nitrogens with zero attached hydrogens (tertiary/aromatic N) is 1. The van der Waals surface area contributed by atoms with Gasteiger partial charge in [0.2, 0.25) is 10.0 Å². The second kappa shape index (κ2) is 12.0. The molecule has 12 heteroatoms. The quantitative estimate of drug-likeness (QED) is 0.426. The van der Waals surface area contributed by atoms with Crippen LogP contribution in [0.1, 0.15) is 38.1 Å². The zero-order valence-electron chi connectivity index (χ0n) is 17.9. The van der Waals surface area contributed by atoms with Crippen molar-refractivity contribution in [1.82, 2.24) is 20.3 Å². The van der Waals surface area contributed by atoms with Gasteiger partial charge in [0.05, 0.1) is 4.90 Å². The van der Waals surface area contributed by atoms with Crippen molar-refractivity contribution in [2.24, 2.45) is 0 Å². The third kappa shape index (κ3) is 7.64. The highest BCUT2D eigenvalue weighted by molar-refractivity contribution is 7.89. The Bertz CT molecular complexity index is 896. The lowest BCUT2D eigenvalue weighted by molar-refractivity contribution is -0.153. The molecule has 0 aliphatic carbocycles. The van der Waals surface area contributed by atoms with Crippen LogP contribution in [0.5, 0.6) is 0 Å². The number of carbonyl (C=O) groups is 4. The standard InChI is InChI=1S/C19H28N4O7S/c1-5-20-19(27)22-17(25)13(4)30-16(24)12-21-18(26)14-8-10-15(11-9-14)31(28,29)23(6-2)7-3/h8-11,13H,5-7,12H2,1-4H3,(H,21,26)(H2,20,22,25,27). The van der Waals surface area contributed by atoms with Gasteiger partial charge in [-0.15, -0.1) is 0 Å². The molecule has 0 saturated heterocycles. The molecule has 0 radical (unpaired) electrons. The number of carbonyl (C=O) groups excluding carboxylic acids is 4. The average molecular weight is 457 g/mol. The fraction of sp³-hybridized carbons (Fsp3) is 0.474. The van der Waals surface area contributed by atoms with Gasteiger partial charge >= 0.3 is 12.0 Å². The Balaban J connectivity index is 2.61. The van der Waals surface area contributed by atoms with Gasteiger partial charge in [-0.2, -0.15) is 4.31 Å². The minimum absolute atomic E-state index is 0.0547. The molecule has 3 N–H and O–H groups in total. The Labute approximate surface area is 181 Å². The molecule has 0 fully saturated rings. The predicted molar refractivity (Wildman–Crippen MR) is 112 cm³/mol. The number of imide groups is 1. The molecule has 0 aromatic heterocycles. The van der Waals surface area contributed by atoms with Crippen molar-refractivity contribution in [3.63, 3.8) is 0 Å². The molecule has 172 valence electrons. The van der Waals surface area contributed by atoms with Gasteiger partial charge in [-0.05, 0) is 38.1 Å². The van der Waals surface area contributed by atoms with Crippen molar-refractivity contribution >= 4 is 33.8 Å². The normalized spacial score (nSPS) is 12.0. The molecule has 0 aliphatic heterocycles. The minimum Gasteiger partial charge on any atom is -0.451 e. The Morgan fingerprint density at radius 1 is 1.00 bits per heavy atom.